The number of aryl methyl sites for hydroxylation is 1. The molecule has 4 heteroatoms. The number of anilines is 2. The molecule has 1 aliphatic carbocycles. The van der Waals surface area contributed by atoms with Gasteiger partial charge in [0.15, 0.2) is 0 Å². The van der Waals surface area contributed by atoms with Gasteiger partial charge < -0.3 is 11.1 Å². The van der Waals surface area contributed by atoms with Crippen molar-refractivity contribution >= 4 is 17.3 Å². The summed E-state index contributed by atoms with van der Waals surface area (Å²) in [5, 5.41) is 2.94. The molecule has 0 spiro atoms. The molecule has 1 fully saturated rings. The molecule has 0 aromatic heterocycles. The molecule has 1 aromatic rings. The molecule has 0 bridgehead atoms. The second-order valence-corrected chi connectivity index (χ2v) is 6.29. The number of nitrogens with one attached hydrogen (secondary N) is 1. The fourth-order valence-electron chi connectivity index (χ4n) is 3.16. The zero-order valence-corrected chi connectivity index (χ0v) is 13.2. The van der Waals surface area contributed by atoms with Crippen molar-refractivity contribution in [1.29, 1.82) is 0 Å². The lowest BCUT2D eigenvalue weighted by Crippen LogP contribution is -2.34. The fraction of sp³-hybridized carbons (Fsp3) is 0.588. The maximum Gasteiger partial charge on any atom is 0.238 e. The summed E-state index contributed by atoms with van der Waals surface area (Å²) in [6.45, 7) is 3.39. The molecule has 0 radical (unpaired) electrons. The van der Waals surface area contributed by atoms with Crippen molar-refractivity contribution in [3.63, 3.8) is 0 Å². The van der Waals surface area contributed by atoms with Crippen molar-refractivity contribution in [3.05, 3.63) is 23.8 Å². The van der Waals surface area contributed by atoms with Crippen molar-refractivity contribution in [2.45, 2.75) is 39.0 Å². The van der Waals surface area contributed by atoms with Gasteiger partial charge in [0, 0.05) is 6.54 Å². The summed E-state index contributed by atoms with van der Waals surface area (Å²) in [6.07, 6.45) is 6.65. The first-order valence-corrected chi connectivity index (χ1v) is 7.89. The Kier molecular flexibility index (Phi) is 5.62. The minimum Gasteiger partial charge on any atom is -0.397 e. The number of nitrogens with zero attached hydrogens (tertiary/aromatic N) is 1. The average molecular weight is 289 g/mol. The predicted molar refractivity (Wildman–Crippen MR) is 88.3 cm³/mol. The van der Waals surface area contributed by atoms with Gasteiger partial charge in [0.05, 0.1) is 17.9 Å². The summed E-state index contributed by atoms with van der Waals surface area (Å²) in [7, 11) is 2.02. The summed E-state index contributed by atoms with van der Waals surface area (Å²) in [5.41, 5.74) is 8.29. The van der Waals surface area contributed by atoms with Crippen LogP contribution in [-0.4, -0.2) is 30.9 Å². The van der Waals surface area contributed by atoms with Crippen LogP contribution in [0.15, 0.2) is 18.2 Å². The molecule has 0 saturated heterocycles. The van der Waals surface area contributed by atoms with Crippen LogP contribution in [0.1, 0.15) is 37.7 Å². The van der Waals surface area contributed by atoms with E-state index in [1.165, 1.54) is 32.1 Å². The number of hydrogen-bond donors (Lipinski definition) is 2. The summed E-state index contributed by atoms with van der Waals surface area (Å²) in [4.78, 5) is 14.3. The maximum absolute atomic E-state index is 12.2. The third kappa shape index (κ3) is 4.74. The van der Waals surface area contributed by atoms with Crippen LogP contribution < -0.4 is 11.1 Å². The van der Waals surface area contributed by atoms with E-state index < -0.39 is 0 Å². The Morgan fingerprint density at radius 3 is 2.71 bits per heavy atom. The van der Waals surface area contributed by atoms with Crippen molar-refractivity contribution in [1.82, 2.24) is 4.90 Å². The molecule has 1 amide bonds. The van der Waals surface area contributed by atoms with Gasteiger partial charge in [0.2, 0.25) is 5.91 Å². The predicted octanol–water partition coefficient (Wildman–Crippen LogP) is 3.03. The summed E-state index contributed by atoms with van der Waals surface area (Å²) in [6, 6.07) is 5.67. The summed E-state index contributed by atoms with van der Waals surface area (Å²) >= 11 is 0. The van der Waals surface area contributed by atoms with Crippen molar-refractivity contribution in [2.75, 3.05) is 31.2 Å². The number of benzene rings is 1. The second kappa shape index (κ2) is 7.46. The van der Waals surface area contributed by atoms with E-state index in [9.17, 15) is 4.79 Å². The van der Waals surface area contributed by atoms with Gasteiger partial charge >= 0.3 is 0 Å². The first-order chi connectivity index (χ1) is 10.1. The highest BCUT2D eigenvalue weighted by Gasteiger charge is 2.17. The zero-order chi connectivity index (χ0) is 15.2. The van der Waals surface area contributed by atoms with E-state index in [1.54, 1.807) is 0 Å². The topological polar surface area (TPSA) is 58.4 Å². The smallest absolute Gasteiger partial charge is 0.238 e. The largest absolute Gasteiger partial charge is 0.397 e. The van der Waals surface area contributed by atoms with E-state index in [4.69, 9.17) is 5.73 Å². The standard InChI is InChI=1S/C17H27N3O/c1-13-7-6-10-15(18)17(13)19-16(21)12-20(2)11-14-8-4-3-5-9-14/h6-7,10,14H,3-5,8-9,11-12,18H2,1-2H3,(H,19,21). The minimum absolute atomic E-state index is 0.00862. The second-order valence-electron chi connectivity index (χ2n) is 6.29. The van der Waals surface area contributed by atoms with Crippen LogP contribution in [0.3, 0.4) is 0 Å². The number of para-hydroxylation sites is 1. The van der Waals surface area contributed by atoms with E-state index in [0.29, 0.717) is 12.2 Å². The normalized spacial score (nSPS) is 16.1. The molecule has 3 N–H and O–H groups in total. The molecule has 21 heavy (non-hydrogen) atoms. The van der Waals surface area contributed by atoms with E-state index in [0.717, 1.165) is 23.7 Å². The Labute approximate surface area is 127 Å². The van der Waals surface area contributed by atoms with Gasteiger partial charge in [-0.15, -0.1) is 0 Å². The number of carbonyl (C=O) groups is 1. The zero-order valence-electron chi connectivity index (χ0n) is 13.2. The van der Waals surface area contributed by atoms with Crippen LogP contribution in [0.2, 0.25) is 0 Å². The lowest BCUT2D eigenvalue weighted by atomic mass is 9.89. The van der Waals surface area contributed by atoms with Gasteiger partial charge in [-0.2, -0.15) is 0 Å². The Bertz CT molecular complexity index is 461. The fourth-order valence-corrected chi connectivity index (χ4v) is 3.16. The third-order valence-corrected chi connectivity index (χ3v) is 4.28. The average Bonchev–Trinajstić information content (AvgIpc) is 2.44. The number of likely N-dealkylation sites (N-methyl/N-ethyl adjacent to an activating group) is 1. The number of hydrogen-bond acceptors (Lipinski definition) is 3. The Morgan fingerprint density at radius 1 is 1.33 bits per heavy atom. The minimum atomic E-state index is 0.00862. The van der Waals surface area contributed by atoms with Gasteiger partial charge in [-0.05, 0) is 44.4 Å². The first-order valence-electron chi connectivity index (χ1n) is 7.89. The maximum atomic E-state index is 12.2. The lowest BCUT2D eigenvalue weighted by Gasteiger charge is -2.26. The molecular formula is C17H27N3O. The first kappa shape index (κ1) is 15.8. The Morgan fingerprint density at radius 2 is 2.05 bits per heavy atom. The van der Waals surface area contributed by atoms with Crippen LogP contribution in [0, 0.1) is 12.8 Å². The molecule has 0 aliphatic heterocycles. The molecular weight excluding hydrogens is 262 g/mol. The number of rotatable bonds is 5. The van der Waals surface area contributed by atoms with Gasteiger partial charge in [-0.3, -0.25) is 9.69 Å². The number of nitrogen functional groups attached to an aromatic ring is 1. The van der Waals surface area contributed by atoms with Gasteiger partial charge in [-0.1, -0.05) is 31.4 Å². The lowest BCUT2D eigenvalue weighted by molar-refractivity contribution is -0.117. The molecule has 1 saturated carbocycles. The van der Waals surface area contributed by atoms with E-state index >= 15 is 0 Å². The molecule has 0 atom stereocenters. The van der Waals surface area contributed by atoms with Crippen LogP contribution in [-0.2, 0) is 4.79 Å². The van der Waals surface area contributed by atoms with Crippen LogP contribution in [0.5, 0.6) is 0 Å². The number of amides is 1. The van der Waals surface area contributed by atoms with Crippen molar-refractivity contribution < 1.29 is 4.79 Å². The van der Waals surface area contributed by atoms with Gasteiger partial charge in [0.1, 0.15) is 0 Å². The molecule has 4 nitrogen and oxygen atoms in total. The van der Waals surface area contributed by atoms with E-state index in [1.807, 2.05) is 32.2 Å². The van der Waals surface area contributed by atoms with Crippen molar-refractivity contribution in [3.8, 4) is 0 Å². The molecule has 2 rings (SSSR count). The Balaban J connectivity index is 1.83. The third-order valence-electron chi connectivity index (χ3n) is 4.28. The molecule has 1 aromatic carbocycles. The number of nitrogens with two attached hydrogens (primary N) is 1. The van der Waals surface area contributed by atoms with Gasteiger partial charge in [-0.25, -0.2) is 0 Å². The highest BCUT2D eigenvalue weighted by atomic mass is 16.2. The highest BCUT2D eigenvalue weighted by Crippen LogP contribution is 2.24. The van der Waals surface area contributed by atoms with Gasteiger partial charge in [0.25, 0.3) is 0 Å². The molecule has 1 aliphatic rings. The highest BCUT2D eigenvalue weighted by molar-refractivity contribution is 5.96. The Hall–Kier alpha value is -1.55. The summed E-state index contributed by atoms with van der Waals surface area (Å²) < 4.78 is 0. The van der Waals surface area contributed by atoms with Crippen molar-refractivity contribution in [2.24, 2.45) is 5.92 Å². The molecule has 0 unspecified atom stereocenters. The SMILES string of the molecule is Cc1cccc(N)c1NC(=O)CN(C)CC1CCCCC1. The molecule has 116 valence electrons. The summed E-state index contributed by atoms with van der Waals surface area (Å²) in [5.74, 6) is 0.759. The van der Waals surface area contributed by atoms with Crippen LogP contribution >= 0.6 is 0 Å². The monoisotopic (exact) mass is 289 g/mol. The van der Waals surface area contributed by atoms with E-state index in [-0.39, 0.29) is 5.91 Å². The molecule has 0 heterocycles. The van der Waals surface area contributed by atoms with E-state index in [2.05, 4.69) is 10.2 Å². The van der Waals surface area contributed by atoms with Crippen LogP contribution in [0.25, 0.3) is 0 Å². The number of carbonyl (C=O) groups excluding carboxylic acids is 1. The quantitative estimate of drug-likeness (QED) is 0.819. The van der Waals surface area contributed by atoms with Crippen LogP contribution in [0.4, 0.5) is 11.4 Å².